The molecule has 0 aliphatic rings. The number of ether oxygens (including phenoxy) is 1. The Morgan fingerprint density at radius 1 is 1.42 bits per heavy atom. The van der Waals surface area contributed by atoms with Crippen LogP contribution in [0.3, 0.4) is 0 Å². The number of hydrogen-bond donors (Lipinski definition) is 2. The van der Waals surface area contributed by atoms with Gasteiger partial charge >= 0.3 is 0 Å². The minimum absolute atomic E-state index is 0.00743. The van der Waals surface area contributed by atoms with Crippen LogP contribution in [0.4, 0.5) is 5.69 Å². The first-order valence-corrected chi connectivity index (χ1v) is 6.61. The summed E-state index contributed by atoms with van der Waals surface area (Å²) in [7, 11) is 0. The van der Waals surface area contributed by atoms with Crippen molar-refractivity contribution in [2.75, 3.05) is 25.0 Å². The van der Waals surface area contributed by atoms with Gasteiger partial charge in [0.2, 0.25) is 5.91 Å². The molecule has 0 saturated carbocycles. The molecule has 0 radical (unpaired) electrons. The lowest BCUT2D eigenvalue weighted by molar-refractivity contribution is -0.119. The van der Waals surface area contributed by atoms with Gasteiger partial charge < -0.3 is 15.4 Å². The van der Waals surface area contributed by atoms with Gasteiger partial charge in [0.1, 0.15) is 12.4 Å². The molecule has 104 valence electrons. The van der Waals surface area contributed by atoms with Crippen molar-refractivity contribution in [2.45, 2.75) is 19.8 Å². The summed E-state index contributed by atoms with van der Waals surface area (Å²) in [5.41, 5.74) is 0.815. The lowest BCUT2D eigenvalue weighted by Crippen LogP contribution is -2.30. The summed E-state index contributed by atoms with van der Waals surface area (Å²) < 4.78 is 5.50. The molecule has 1 rings (SSSR count). The minimum Gasteiger partial charge on any atom is -0.487 e. The van der Waals surface area contributed by atoms with E-state index in [1.54, 1.807) is 6.08 Å². The summed E-state index contributed by atoms with van der Waals surface area (Å²) in [6, 6.07) is 7.54. The molecular formula is C15H22N2O2. The van der Waals surface area contributed by atoms with Gasteiger partial charge in [0.25, 0.3) is 0 Å². The second kappa shape index (κ2) is 9.03. The number of unbranched alkanes of at least 4 members (excludes halogenated alkanes) is 1. The zero-order chi connectivity index (χ0) is 13.9. The van der Waals surface area contributed by atoms with Gasteiger partial charge in [0, 0.05) is 6.54 Å². The SMILES string of the molecule is C=CCOc1ccccc1NCC(=O)NCCCC. The van der Waals surface area contributed by atoms with Crippen molar-refractivity contribution in [1.82, 2.24) is 5.32 Å². The molecule has 4 heteroatoms. The molecule has 0 heterocycles. The zero-order valence-corrected chi connectivity index (χ0v) is 11.4. The highest BCUT2D eigenvalue weighted by molar-refractivity contribution is 5.81. The van der Waals surface area contributed by atoms with Gasteiger partial charge in [-0.25, -0.2) is 0 Å². The normalized spacial score (nSPS) is 9.74. The Labute approximate surface area is 114 Å². The van der Waals surface area contributed by atoms with E-state index in [2.05, 4.69) is 24.1 Å². The van der Waals surface area contributed by atoms with Crippen molar-refractivity contribution in [3.05, 3.63) is 36.9 Å². The molecule has 0 spiro atoms. The molecule has 2 N–H and O–H groups in total. The Balaban J connectivity index is 2.43. The highest BCUT2D eigenvalue weighted by Crippen LogP contribution is 2.23. The summed E-state index contributed by atoms with van der Waals surface area (Å²) in [5, 5.41) is 5.94. The quantitative estimate of drug-likeness (QED) is 0.531. The Morgan fingerprint density at radius 3 is 2.95 bits per heavy atom. The van der Waals surface area contributed by atoms with Crippen LogP contribution >= 0.6 is 0 Å². The van der Waals surface area contributed by atoms with Gasteiger partial charge in [0.05, 0.1) is 12.2 Å². The van der Waals surface area contributed by atoms with Crippen molar-refractivity contribution in [2.24, 2.45) is 0 Å². The average Bonchev–Trinajstić information content (AvgIpc) is 2.44. The molecule has 0 fully saturated rings. The van der Waals surface area contributed by atoms with Gasteiger partial charge in [0.15, 0.2) is 0 Å². The van der Waals surface area contributed by atoms with Crippen LogP contribution in [0, 0.1) is 0 Å². The Morgan fingerprint density at radius 2 is 2.21 bits per heavy atom. The number of hydrogen-bond acceptors (Lipinski definition) is 3. The smallest absolute Gasteiger partial charge is 0.239 e. The predicted octanol–water partition coefficient (Wildman–Crippen LogP) is 2.58. The van der Waals surface area contributed by atoms with E-state index in [1.807, 2.05) is 24.3 Å². The van der Waals surface area contributed by atoms with E-state index in [9.17, 15) is 4.79 Å². The highest BCUT2D eigenvalue weighted by atomic mass is 16.5. The van der Waals surface area contributed by atoms with E-state index in [0.29, 0.717) is 6.61 Å². The third-order valence-corrected chi connectivity index (χ3v) is 2.54. The fraction of sp³-hybridized carbons (Fsp3) is 0.400. The topological polar surface area (TPSA) is 50.4 Å². The average molecular weight is 262 g/mol. The summed E-state index contributed by atoms with van der Waals surface area (Å²) in [6.45, 7) is 7.13. The first-order chi connectivity index (χ1) is 9.27. The molecule has 1 amide bonds. The van der Waals surface area contributed by atoms with Crippen LogP contribution in [0.15, 0.2) is 36.9 Å². The first-order valence-electron chi connectivity index (χ1n) is 6.61. The molecule has 0 aliphatic carbocycles. The number of anilines is 1. The van der Waals surface area contributed by atoms with E-state index in [0.717, 1.165) is 30.8 Å². The van der Waals surface area contributed by atoms with Gasteiger partial charge in [-0.2, -0.15) is 0 Å². The van der Waals surface area contributed by atoms with Gasteiger partial charge in [-0.05, 0) is 18.6 Å². The van der Waals surface area contributed by atoms with Crippen LogP contribution < -0.4 is 15.4 Å². The molecule has 19 heavy (non-hydrogen) atoms. The van der Waals surface area contributed by atoms with Crippen molar-refractivity contribution in [3.63, 3.8) is 0 Å². The minimum atomic E-state index is -0.00743. The van der Waals surface area contributed by atoms with E-state index < -0.39 is 0 Å². The van der Waals surface area contributed by atoms with Crippen LogP contribution in [-0.4, -0.2) is 25.6 Å². The number of rotatable bonds is 9. The number of nitrogens with one attached hydrogen (secondary N) is 2. The molecule has 0 atom stereocenters. The third-order valence-electron chi connectivity index (χ3n) is 2.54. The second-order valence-corrected chi connectivity index (χ2v) is 4.15. The fourth-order valence-electron chi connectivity index (χ4n) is 1.53. The molecule has 4 nitrogen and oxygen atoms in total. The van der Waals surface area contributed by atoms with Crippen LogP contribution in [0.25, 0.3) is 0 Å². The number of carbonyl (C=O) groups is 1. The van der Waals surface area contributed by atoms with Gasteiger partial charge in [-0.1, -0.05) is 38.1 Å². The van der Waals surface area contributed by atoms with Crippen molar-refractivity contribution in [3.8, 4) is 5.75 Å². The maximum absolute atomic E-state index is 11.6. The van der Waals surface area contributed by atoms with E-state index in [4.69, 9.17) is 4.74 Å². The summed E-state index contributed by atoms with van der Waals surface area (Å²) in [5.74, 6) is 0.718. The molecule has 0 unspecified atom stereocenters. The van der Waals surface area contributed by atoms with Crippen molar-refractivity contribution in [1.29, 1.82) is 0 Å². The molecule has 0 bridgehead atoms. The standard InChI is InChI=1S/C15H22N2O2/c1-3-5-10-16-15(18)12-17-13-8-6-7-9-14(13)19-11-4-2/h4,6-9,17H,2-3,5,10-12H2,1H3,(H,16,18). The van der Waals surface area contributed by atoms with Crippen molar-refractivity contribution < 1.29 is 9.53 Å². The molecular weight excluding hydrogens is 240 g/mol. The first kappa shape index (κ1) is 15.1. The van der Waals surface area contributed by atoms with Gasteiger partial charge in [-0.3, -0.25) is 4.79 Å². The molecule has 0 saturated heterocycles. The highest BCUT2D eigenvalue weighted by Gasteiger charge is 2.04. The molecule has 1 aromatic carbocycles. The Bertz CT molecular complexity index is 405. The van der Waals surface area contributed by atoms with Crippen LogP contribution in [0.5, 0.6) is 5.75 Å². The number of para-hydroxylation sites is 2. The second-order valence-electron chi connectivity index (χ2n) is 4.15. The number of carbonyl (C=O) groups excluding carboxylic acids is 1. The Hall–Kier alpha value is -1.97. The van der Waals surface area contributed by atoms with E-state index in [-0.39, 0.29) is 12.5 Å². The van der Waals surface area contributed by atoms with Gasteiger partial charge in [-0.15, -0.1) is 0 Å². The monoisotopic (exact) mass is 262 g/mol. The molecule has 0 aliphatic heterocycles. The lowest BCUT2D eigenvalue weighted by Gasteiger charge is -2.12. The molecule has 0 aromatic heterocycles. The largest absolute Gasteiger partial charge is 0.487 e. The van der Waals surface area contributed by atoms with Crippen LogP contribution in [-0.2, 0) is 4.79 Å². The van der Waals surface area contributed by atoms with Crippen LogP contribution in [0.2, 0.25) is 0 Å². The maximum Gasteiger partial charge on any atom is 0.239 e. The summed E-state index contributed by atoms with van der Waals surface area (Å²) in [4.78, 5) is 11.6. The van der Waals surface area contributed by atoms with Crippen LogP contribution in [0.1, 0.15) is 19.8 Å². The summed E-state index contributed by atoms with van der Waals surface area (Å²) >= 11 is 0. The number of benzene rings is 1. The molecule has 1 aromatic rings. The predicted molar refractivity (Wildman–Crippen MR) is 78.5 cm³/mol. The maximum atomic E-state index is 11.6. The fourth-order valence-corrected chi connectivity index (χ4v) is 1.53. The summed E-state index contributed by atoms with van der Waals surface area (Å²) in [6.07, 6.45) is 3.77. The van der Waals surface area contributed by atoms with E-state index in [1.165, 1.54) is 0 Å². The zero-order valence-electron chi connectivity index (χ0n) is 11.4. The number of amides is 1. The Kier molecular flexibility index (Phi) is 7.17. The van der Waals surface area contributed by atoms with Crippen molar-refractivity contribution >= 4 is 11.6 Å². The third kappa shape index (κ3) is 5.95. The van der Waals surface area contributed by atoms with E-state index >= 15 is 0 Å². The lowest BCUT2D eigenvalue weighted by atomic mass is 10.3.